The van der Waals surface area contributed by atoms with Gasteiger partial charge in [0.1, 0.15) is 0 Å². The van der Waals surface area contributed by atoms with E-state index in [9.17, 15) is 0 Å². The monoisotopic (exact) mass is 205 g/mol. The highest BCUT2D eigenvalue weighted by atomic mass is 16.5. The van der Waals surface area contributed by atoms with Crippen molar-refractivity contribution in [1.29, 1.82) is 0 Å². The highest BCUT2D eigenvalue weighted by Gasteiger charge is 1.99. The molecule has 0 saturated carbocycles. The third-order valence-corrected chi connectivity index (χ3v) is 1.69. The SMILES string of the molecule is CCCN(CCC)CCOC.O=CO. The molecule has 0 bridgehead atoms. The van der Waals surface area contributed by atoms with E-state index < -0.39 is 0 Å². The van der Waals surface area contributed by atoms with E-state index in [1.807, 2.05) is 0 Å². The predicted molar refractivity (Wildman–Crippen MR) is 57.6 cm³/mol. The number of rotatable bonds is 7. The molecule has 0 aliphatic rings. The fraction of sp³-hybridized carbons (Fsp3) is 0.900. The minimum Gasteiger partial charge on any atom is -0.483 e. The van der Waals surface area contributed by atoms with Crippen LogP contribution in [0.5, 0.6) is 0 Å². The van der Waals surface area contributed by atoms with Gasteiger partial charge in [-0.05, 0) is 25.9 Å². The van der Waals surface area contributed by atoms with Gasteiger partial charge in [0.2, 0.25) is 0 Å². The lowest BCUT2D eigenvalue weighted by Gasteiger charge is -2.19. The van der Waals surface area contributed by atoms with Crippen LogP contribution in [0.25, 0.3) is 0 Å². The van der Waals surface area contributed by atoms with Crippen molar-refractivity contribution >= 4 is 6.47 Å². The van der Waals surface area contributed by atoms with E-state index in [4.69, 9.17) is 14.6 Å². The van der Waals surface area contributed by atoms with Crippen LogP contribution in [0.3, 0.4) is 0 Å². The maximum atomic E-state index is 8.36. The van der Waals surface area contributed by atoms with Crippen molar-refractivity contribution in [3.05, 3.63) is 0 Å². The third-order valence-electron chi connectivity index (χ3n) is 1.69. The average Bonchev–Trinajstić information content (AvgIpc) is 2.16. The summed E-state index contributed by atoms with van der Waals surface area (Å²) in [6.07, 6.45) is 2.48. The molecule has 4 nitrogen and oxygen atoms in total. The highest BCUT2D eigenvalue weighted by Crippen LogP contribution is 1.93. The van der Waals surface area contributed by atoms with Gasteiger partial charge in [0.05, 0.1) is 6.61 Å². The van der Waals surface area contributed by atoms with Crippen LogP contribution in [0.1, 0.15) is 26.7 Å². The van der Waals surface area contributed by atoms with E-state index in [1.165, 1.54) is 25.9 Å². The van der Waals surface area contributed by atoms with Crippen molar-refractivity contribution in [2.45, 2.75) is 26.7 Å². The van der Waals surface area contributed by atoms with E-state index in [0.29, 0.717) is 0 Å². The summed E-state index contributed by atoms with van der Waals surface area (Å²) in [5.74, 6) is 0. The molecule has 86 valence electrons. The number of methoxy groups -OCH3 is 1. The summed E-state index contributed by atoms with van der Waals surface area (Å²) in [4.78, 5) is 10.8. The van der Waals surface area contributed by atoms with E-state index in [2.05, 4.69) is 18.7 Å². The van der Waals surface area contributed by atoms with Crippen LogP contribution >= 0.6 is 0 Å². The van der Waals surface area contributed by atoms with Crippen LogP contribution in [-0.2, 0) is 9.53 Å². The first kappa shape index (κ1) is 15.8. The zero-order valence-electron chi connectivity index (χ0n) is 9.53. The Morgan fingerprint density at radius 2 is 1.64 bits per heavy atom. The minimum atomic E-state index is -0.250. The van der Waals surface area contributed by atoms with Crippen molar-refractivity contribution in [3.63, 3.8) is 0 Å². The fourth-order valence-electron chi connectivity index (χ4n) is 1.19. The second kappa shape index (κ2) is 14.9. The molecular formula is C10H23NO3. The molecule has 0 spiro atoms. The number of carboxylic acid groups (broad SMARTS) is 1. The van der Waals surface area contributed by atoms with Crippen LogP contribution in [0.4, 0.5) is 0 Å². The maximum Gasteiger partial charge on any atom is 0.290 e. The topological polar surface area (TPSA) is 49.8 Å². The number of carbonyl (C=O) groups is 1. The average molecular weight is 205 g/mol. The Balaban J connectivity index is 0. The van der Waals surface area contributed by atoms with Crippen molar-refractivity contribution in [3.8, 4) is 0 Å². The van der Waals surface area contributed by atoms with Crippen LogP contribution in [0.2, 0.25) is 0 Å². The Labute approximate surface area is 86.9 Å². The van der Waals surface area contributed by atoms with Gasteiger partial charge in [-0.25, -0.2) is 0 Å². The smallest absolute Gasteiger partial charge is 0.290 e. The number of ether oxygens (including phenoxy) is 1. The highest BCUT2D eigenvalue weighted by molar-refractivity contribution is 5.32. The lowest BCUT2D eigenvalue weighted by atomic mass is 10.3. The zero-order valence-corrected chi connectivity index (χ0v) is 9.53. The normalized spacial score (nSPS) is 9.43. The van der Waals surface area contributed by atoms with Gasteiger partial charge in [-0.15, -0.1) is 0 Å². The first-order chi connectivity index (χ1) is 6.76. The van der Waals surface area contributed by atoms with E-state index in [1.54, 1.807) is 7.11 Å². The maximum absolute atomic E-state index is 8.36. The molecule has 0 heterocycles. The van der Waals surface area contributed by atoms with Crippen molar-refractivity contribution in [2.24, 2.45) is 0 Å². The Bertz CT molecular complexity index is 104. The molecule has 1 N–H and O–H groups in total. The van der Waals surface area contributed by atoms with Gasteiger partial charge in [0.15, 0.2) is 0 Å². The molecule has 0 aliphatic heterocycles. The van der Waals surface area contributed by atoms with Gasteiger partial charge < -0.3 is 14.7 Å². The second-order valence-electron chi connectivity index (χ2n) is 2.94. The summed E-state index contributed by atoms with van der Waals surface area (Å²) >= 11 is 0. The van der Waals surface area contributed by atoms with E-state index in [0.717, 1.165) is 13.2 Å². The zero-order chi connectivity index (χ0) is 11.2. The summed E-state index contributed by atoms with van der Waals surface area (Å²) in [5.41, 5.74) is 0. The van der Waals surface area contributed by atoms with Gasteiger partial charge in [-0.1, -0.05) is 13.8 Å². The molecule has 0 radical (unpaired) electrons. The van der Waals surface area contributed by atoms with Gasteiger partial charge in [0, 0.05) is 13.7 Å². The van der Waals surface area contributed by atoms with Crippen LogP contribution in [-0.4, -0.2) is 49.8 Å². The molecule has 0 unspecified atom stereocenters. The second-order valence-corrected chi connectivity index (χ2v) is 2.94. The molecule has 0 aliphatic carbocycles. The number of hydrogen-bond donors (Lipinski definition) is 1. The van der Waals surface area contributed by atoms with Gasteiger partial charge in [0.25, 0.3) is 6.47 Å². The molecule has 0 rings (SSSR count). The molecular weight excluding hydrogens is 182 g/mol. The number of nitrogens with zero attached hydrogens (tertiary/aromatic N) is 1. The van der Waals surface area contributed by atoms with Crippen molar-refractivity contribution in [1.82, 2.24) is 4.90 Å². The minimum absolute atomic E-state index is 0.250. The van der Waals surface area contributed by atoms with Crippen LogP contribution in [0, 0.1) is 0 Å². The molecule has 0 aromatic heterocycles. The molecule has 4 heteroatoms. The first-order valence-corrected chi connectivity index (χ1v) is 5.05. The third kappa shape index (κ3) is 13.9. The molecule has 0 saturated heterocycles. The Hall–Kier alpha value is -0.610. The summed E-state index contributed by atoms with van der Waals surface area (Å²) in [6.45, 7) is 8.54. The summed E-state index contributed by atoms with van der Waals surface area (Å²) in [7, 11) is 1.76. The Morgan fingerprint density at radius 1 is 1.21 bits per heavy atom. The van der Waals surface area contributed by atoms with E-state index in [-0.39, 0.29) is 6.47 Å². The quantitative estimate of drug-likeness (QED) is 0.639. The van der Waals surface area contributed by atoms with Gasteiger partial charge in [-0.3, -0.25) is 4.79 Å². The molecule has 0 fully saturated rings. The van der Waals surface area contributed by atoms with Crippen LogP contribution in [0.15, 0.2) is 0 Å². The van der Waals surface area contributed by atoms with E-state index >= 15 is 0 Å². The standard InChI is InChI=1S/C9H21NO.CH2O2/c1-4-6-10(7-5-2)8-9-11-3;2-1-3/h4-9H2,1-3H3;1H,(H,2,3). The lowest BCUT2D eigenvalue weighted by Crippen LogP contribution is -2.28. The Kier molecular flexibility index (Phi) is 16.9. The number of hydrogen-bond acceptors (Lipinski definition) is 3. The summed E-state index contributed by atoms with van der Waals surface area (Å²) in [6, 6.07) is 0. The summed E-state index contributed by atoms with van der Waals surface area (Å²) in [5, 5.41) is 6.89. The van der Waals surface area contributed by atoms with Crippen molar-refractivity contribution in [2.75, 3.05) is 33.4 Å². The molecule has 0 atom stereocenters. The molecule has 0 aromatic rings. The first-order valence-electron chi connectivity index (χ1n) is 5.05. The predicted octanol–water partition coefficient (Wildman–Crippen LogP) is 1.46. The molecule has 0 aromatic carbocycles. The molecule has 14 heavy (non-hydrogen) atoms. The van der Waals surface area contributed by atoms with Crippen molar-refractivity contribution < 1.29 is 14.6 Å². The fourth-order valence-corrected chi connectivity index (χ4v) is 1.19. The Morgan fingerprint density at radius 3 is 1.93 bits per heavy atom. The largest absolute Gasteiger partial charge is 0.483 e. The van der Waals surface area contributed by atoms with Gasteiger partial charge >= 0.3 is 0 Å². The summed E-state index contributed by atoms with van der Waals surface area (Å²) < 4.78 is 5.02. The van der Waals surface area contributed by atoms with Gasteiger partial charge in [-0.2, -0.15) is 0 Å². The van der Waals surface area contributed by atoms with Crippen LogP contribution < -0.4 is 0 Å². The lowest BCUT2D eigenvalue weighted by molar-refractivity contribution is -0.122. The molecule has 0 amide bonds.